The summed E-state index contributed by atoms with van der Waals surface area (Å²) in [5.41, 5.74) is 32.6. The van der Waals surface area contributed by atoms with E-state index in [0.29, 0.717) is 52.5 Å². The summed E-state index contributed by atoms with van der Waals surface area (Å²) in [7, 11) is 0. The van der Waals surface area contributed by atoms with Crippen molar-refractivity contribution in [2.45, 2.75) is 143 Å². The molecule has 0 N–H and O–H groups in total. The first-order valence-electron chi connectivity index (χ1n) is 40.5. The molecule has 3 amide bonds. The van der Waals surface area contributed by atoms with Gasteiger partial charge in [0, 0.05) is 44.8 Å². The summed E-state index contributed by atoms with van der Waals surface area (Å²) in [6.07, 6.45) is 15.5. The quantitative estimate of drug-likeness (QED) is 0.0876. The highest BCUT2D eigenvalue weighted by Gasteiger charge is 2.35. The molecule has 11 aromatic carbocycles. The van der Waals surface area contributed by atoms with Crippen LogP contribution in [0.1, 0.15) is 131 Å². The average Bonchev–Trinajstić information content (AvgIpc) is 0.738. The Morgan fingerprint density at radius 2 is 0.522 bits per heavy atom. The van der Waals surface area contributed by atoms with Gasteiger partial charge in [0.2, 0.25) is 0 Å². The molecule has 3 aliphatic heterocycles. The summed E-state index contributed by atoms with van der Waals surface area (Å²) in [4.78, 5) is 56.5. The third-order valence-corrected chi connectivity index (χ3v) is 23.1. The van der Waals surface area contributed by atoms with E-state index in [0.717, 1.165) is 116 Å². The minimum absolute atomic E-state index is 0.217. The van der Waals surface area contributed by atoms with E-state index in [1.165, 1.54) is 137 Å². The van der Waals surface area contributed by atoms with Gasteiger partial charge in [-0.3, -0.25) is 0 Å². The first kappa shape index (κ1) is 76.3. The van der Waals surface area contributed by atoms with Gasteiger partial charge < -0.3 is 33.3 Å². The lowest BCUT2D eigenvalue weighted by Crippen LogP contribution is -2.37. The van der Waals surface area contributed by atoms with Crippen LogP contribution >= 0.6 is 0 Å². The summed E-state index contributed by atoms with van der Waals surface area (Å²) in [6, 6.07) is 92.6. The van der Waals surface area contributed by atoms with Crippen LogP contribution in [0.2, 0.25) is 0 Å². The molecule has 0 radical (unpaired) electrons. The number of nitrogens with zero attached hydrogens (tertiary/aromatic N) is 3. The number of carbonyl (C=O) groups is 3. The fraction of sp³-hybridized carbons (Fsp3) is 0.255. The molecule has 0 atom stereocenters. The second-order valence-electron chi connectivity index (χ2n) is 30.4. The number of benzene rings is 11. The monoisotopic (exact) mass is 1490 g/mol. The maximum absolute atomic E-state index is 13.2. The second-order valence-corrected chi connectivity index (χ2v) is 30.4. The Balaban J connectivity index is 0.000000123. The number of hydrogen-bond donors (Lipinski definition) is 0. The van der Waals surface area contributed by atoms with E-state index in [9.17, 15) is 19.2 Å². The molecule has 3 aliphatic carbocycles. The van der Waals surface area contributed by atoms with E-state index in [-0.39, 0.29) is 23.9 Å². The lowest BCUT2D eigenvalue weighted by atomic mass is 9.74. The van der Waals surface area contributed by atoms with E-state index in [2.05, 4.69) is 135 Å². The van der Waals surface area contributed by atoms with Gasteiger partial charge in [-0.25, -0.2) is 19.2 Å². The highest BCUT2D eigenvalue weighted by Crippen LogP contribution is 2.48. The van der Waals surface area contributed by atoms with Gasteiger partial charge in [-0.15, -0.1) is 0 Å². The Hall–Kier alpha value is -12.1. The van der Waals surface area contributed by atoms with E-state index >= 15 is 0 Å². The van der Waals surface area contributed by atoms with Crippen LogP contribution in [0.5, 0.6) is 0 Å². The SMILES string of the molecule is CC1=C(C)CN(C(=O)OCc2ccccc2)CC1.O=C(OCc1ccccc1)N1CCc2c(c(-c3ccccc3)c3c(c2-c2ccccc2)CCCC3)C1.O=C(OCc1ccccc1)N1CCc2c(c(-c3ccccc3)c3c(c2-c2ccccc2)CCCC3)C1.O=c1oc(-c2ccccc2)c2c(c1-c1ccccc1)CCCC2. The Morgan fingerprint density at radius 1 is 0.274 bits per heavy atom. The lowest BCUT2D eigenvalue weighted by molar-refractivity contribution is 0.0913. The van der Waals surface area contributed by atoms with Gasteiger partial charge in [-0.05, 0) is 233 Å². The minimum atomic E-state index is -0.234. The van der Waals surface area contributed by atoms with Crippen LogP contribution in [0.15, 0.2) is 293 Å². The number of carbonyl (C=O) groups excluding carboxylic acids is 3. The van der Waals surface area contributed by atoms with Crippen molar-refractivity contribution in [1.29, 1.82) is 0 Å². The molecule has 570 valence electrons. The molecule has 0 fully saturated rings. The van der Waals surface area contributed by atoms with Gasteiger partial charge in [0.15, 0.2) is 0 Å². The first-order valence-corrected chi connectivity index (χ1v) is 40.5. The normalized spacial score (nSPS) is 14.6. The fourth-order valence-electron chi connectivity index (χ4n) is 17.4. The summed E-state index contributed by atoms with van der Waals surface area (Å²) in [5, 5.41) is 0. The molecular formula is C102H99N3O8. The van der Waals surface area contributed by atoms with Crippen LogP contribution in [-0.4, -0.2) is 59.2 Å². The third kappa shape index (κ3) is 18.0. The zero-order chi connectivity index (χ0) is 77.2. The van der Waals surface area contributed by atoms with Gasteiger partial charge in [0.25, 0.3) is 0 Å². The molecule has 0 bridgehead atoms. The lowest BCUT2D eigenvalue weighted by Gasteiger charge is -2.35. The van der Waals surface area contributed by atoms with Crippen molar-refractivity contribution in [1.82, 2.24) is 14.7 Å². The third-order valence-electron chi connectivity index (χ3n) is 23.1. The summed E-state index contributed by atoms with van der Waals surface area (Å²) < 4.78 is 22.6. The predicted molar refractivity (Wildman–Crippen MR) is 453 cm³/mol. The predicted octanol–water partition coefficient (Wildman–Crippen LogP) is 23.4. The van der Waals surface area contributed by atoms with E-state index < -0.39 is 0 Å². The number of fused-ring (bicyclic) bond motifs is 5. The first-order chi connectivity index (χ1) is 55.6. The van der Waals surface area contributed by atoms with Gasteiger partial charge >= 0.3 is 23.9 Å². The number of amides is 3. The smallest absolute Gasteiger partial charge is 0.410 e. The minimum Gasteiger partial charge on any atom is -0.445 e. The molecule has 0 saturated carbocycles. The van der Waals surface area contributed by atoms with Crippen molar-refractivity contribution in [3.63, 3.8) is 0 Å². The highest BCUT2D eigenvalue weighted by atomic mass is 16.6. The zero-order valence-corrected chi connectivity index (χ0v) is 65.1. The molecule has 1 aromatic heterocycles. The van der Waals surface area contributed by atoms with Gasteiger partial charge in [-0.1, -0.05) is 284 Å². The fourth-order valence-corrected chi connectivity index (χ4v) is 17.4. The molecule has 18 rings (SSSR count). The largest absolute Gasteiger partial charge is 0.445 e. The molecule has 4 heterocycles. The van der Waals surface area contributed by atoms with Crippen molar-refractivity contribution in [3.05, 3.63) is 367 Å². The molecule has 11 nitrogen and oxygen atoms in total. The Morgan fingerprint density at radius 3 is 0.841 bits per heavy atom. The van der Waals surface area contributed by atoms with Crippen molar-refractivity contribution in [2.75, 3.05) is 26.2 Å². The topological polar surface area (TPSA) is 119 Å². The Kier molecular flexibility index (Phi) is 24.9. The maximum Gasteiger partial charge on any atom is 0.410 e. The maximum atomic E-state index is 13.2. The van der Waals surface area contributed by atoms with Gasteiger partial charge in [0.1, 0.15) is 25.6 Å². The zero-order valence-electron chi connectivity index (χ0n) is 65.1. The molecule has 11 heteroatoms. The summed E-state index contributed by atoms with van der Waals surface area (Å²) in [5.74, 6) is 0.755. The molecule has 6 aliphatic rings. The van der Waals surface area contributed by atoms with Crippen LogP contribution in [0.25, 0.3) is 67.0 Å². The van der Waals surface area contributed by atoms with Crippen LogP contribution in [-0.2, 0) is 98.5 Å². The molecule has 0 saturated heterocycles. The summed E-state index contributed by atoms with van der Waals surface area (Å²) >= 11 is 0. The van der Waals surface area contributed by atoms with Crippen LogP contribution in [0.4, 0.5) is 14.4 Å². The van der Waals surface area contributed by atoms with Crippen molar-refractivity contribution < 1.29 is 33.0 Å². The highest BCUT2D eigenvalue weighted by molar-refractivity contribution is 5.87. The van der Waals surface area contributed by atoms with Crippen LogP contribution in [0, 0.1) is 0 Å². The van der Waals surface area contributed by atoms with E-state index in [1.807, 2.05) is 161 Å². The van der Waals surface area contributed by atoms with E-state index in [4.69, 9.17) is 18.6 Å². The Bertz CT molecular complexity index is 5130. The van der Waals surface area contributed by atoms with Gasteiger partial charge in [0.05, 0.1) is 5.56 Å². The van der Waals surface area contributed by atoms with Crippen molar-refractivity contribution >= 4 is 18.3 Å². The number of hydrogen-bond acceptors (Lipinski definition) is 8. The summed E-state index contributed by atoms with van der Waals surface area (Å²) in [6.45, 7) is 9.12. The number of ether oxygens (including phenoxy) is 3. The molecule has 0 unspecified atom stereocenters. The molecular weight excluding hydrogens is 1400 g/mol. The molecule has 12 aromatic rings. The van der Waals surface area contributed by atoms with Crippen LogP contribution < -0.4 is 5.63 Å². The van der Waals surface area contributed by atoms with E-state index in [1.54, 1.807) is 4.90 Å². The second kappa shape index (κ2) is 36.8. The standard InChI is InChI=1S/2C33H31NO2.C21H18O2.C15H19NO2/c2*35-33(36-23-24-12-4-1-5-13-24)34-21-20-29-30(22-34)32(26-16-8-3-9-17-26)28-19-11-10-18-27(28)31(29)25-14-6-2-7-15-25;22-21-19(15-9-3-1-4-10-15)17-13-7-8-14-18(17)20(23-21)16-11-5-2-6-12-16;1-12-8-9-16(10-13(12)2)15(17)18-11-14-6-4-3-5-7-14/h2*1-9,12-17H,10-11,18-23H2;1-6,9-12H,7-8,13-14H2;3-7H,8-11H2,1-2H3. The van der Waals surface area contributed by atoms with Crippen molar-refractivity contribution in [3.8, 4) is 67.0 Å². The Labute approximate surface area is 665 Å². The van der Waals surface area contributed by atoms with Gasteiger partial charge in [-0.2, -0.15) is 0 Å². The average molecular weight is 1490 g/mol. The molecule has 0 spiro atoms. The molecule has 113 heavy (non-hydrogen) atoms. The number of rotatable bonds is 12. The van der Waals surface area contributed by atoms with Crippen molar-refractivity contribution in [2.24, 2.45) is 0 Å². The van der Waals surface area contributed by atoms with Crippen LogP contribution in [0.3, 0.4) is 0 Å².